The quantitative estimate of drug-likeness (QED) is 0.374. The van der Waals surface area contributed by atoms with Crippen molar-refractivity contribution in [3.05, 3.63) is 11.6 Å². The second-order valence-corrected chi connectivity index (χ2v) is 2.31. The molecule has 0 radical (unpaired) electrons. The van der Waals surface area contributed by atoms with E-state index in [1.807, 2.05) is 6.08 Å². The van der Waals surface area contributed by atoms with Crippen molar-refractivity contribution in [2.24, 2.45) is 5.73 Å². The largest absolute Gasteiger partial charge is 0.466 e. The minimum atomic E-state index is -0.262. The van der Waals surface area contributed by atoms with Crippen LogP contribution < -0.4 is 5.73 Å². The summed E-state index contributed by atoms with van der Waals surface area (Å²) in [7, 11) is 1.38. The summed E-state index contributed by atoms with van der Waals surface area (Å²) in [5, 5.41) is 0. The first-order valence-corrected chi connectivity index (χ1v) is 3.67. The molecule has 0 amide bonds. The maximum atomic E-state index is 10.8. The number of ether oxygens (including phenoxy) is 1. The van der Waals surface area contributed by atoms with Crippen LogP contribution in [0.3, 0.4) is 0 Å². The first-order valence-electron chi connectivity index (χ1n) is 3.67. The number of rotatable bonds is 4. The van der Waals surface area contributed by atoms with Crippen molar-refractivity contribution >= 4 is 5.97 Å². The Labute approximate surface area is 67.2 Å². The van der Waals surface area contributed by atoms with Gasteiger partial charge in [-0.15, -0.1) is 0 Å². The van der Waals surface area contributed by atoms with Gasteiger partial charge in [-0.2, -0.15) is 0 Å². The monoisotopic (exact) mass is 157 g/mol. The molecule has 0 aliphatic rings. The van der Waals surface area contributed by atoms with Crippen molar-refractivity contribution < 1.29 is 9.53 Å². The van der Waals surface area contributed by atoms with Crippen molar-refractivity contribution in [1.82, 2.24) is 0 Å². The lowest BCUT2D eigenvalue weighted by Gasteiger charge is -1.97. The minimum Gasteiger partial charge on any atom is -0.466 e. The number of unbranched alkanes of at least 4 members (excludes halogenated alkanes) is 1. The molecular weight excluding hydrogens is 142 g/mol. The predicted octanol–water partition coefficient (Wildman–Crippen LogP) is 0.845. The van der Waals surface area contributed by atoms with Crippen molar-refractivity contribution in [2.45, 2.75) is 19.8 Å². The Kier molecular flexibility index (Phi) is 5.47. The average Bonchev–Trinajstić information content (AvgIpc) is 2.03. The van der Waals surface area contributed by atoms with Crippen LogP contribution in [0.2, 0.25) is 0 Å². The first-order chi connectivity index (χ1) is 5.22. The molecule has 0 rings (SSSR count). The second-order valence-electron chi connectivity index (χ2n) is 2.31. The van der Waals surface area contributed by atoms with Gasteiger partial charge in [0.05, 0.1) is 7.11 Å². The number of nitrogens with two attached hydrogens (primary N) is 1. The highest BCUT2D eigenvalue weighted by Gasteiger charge is 2.00. The normalized spacial score (nSPS) is 11.4. The van der Waals surface area contributed by atoms with Crippen molar-refractivity contribution in [2.75, 3.05) is 13.7 Å². The Bertz CT molecular complexity index is 152. The molecule has 0 aliphatic carbocycles. The summed E-state index contributed by atoms with van der Waals surface area (Å²) in [5.74, 6) is -0.262. The van der Waals surface area contributed by atoms with E-state index < -0.39 is 0 Å². The lowest BCUT2D eigenvalue weighted by molar-refractivity contribution is -0.136. The molecule has 0 unspecified atom stereocenters. The smallest absolute Gasteiger partial charge is 0.333 e. The third-order valence-electron chi connectivity index (χ3n) is 1.37. The molecule has 2 N–H and O–H groups in total. The number of hydrogen-bond acceptors (Lipinski definition) is 3. The van der Waals surface area contributed by atoms with Crippen molar-refractivity contribution in [1.29, 1.82) is 0 Å². The van der Waals surface area contributed by atoms with Crippen LogP contribution in [-0.2, 0) is 9.53 Å². The van der Waals surface area contributed by atoms with Gasteiger partial charge in [0.25, 0.3) is 0 Å². The predicted molar refractivity (Wildman–Crippen MR) is 44.1 cm³/mol. The van der Waals surface area contributed by atoms with Gasteiger partial charge in [0.2, 0.25) is 0 Å². The van der Waals surface area contributed by atoms with Crippen molar-refractivity contribution in [3.63, 3.8) is 0 Å². The van der Waals surface area contributed by atoms with Gasteiger partial charge in [-0.1, -0.05) is 6.08 Å². The molecule has 3 heteroatoms. The van der Waals surface area contributed by atoms with E-state index in [0.717, 1.165) is 12.8 Å². The van der Waals surface area contributed by atoms with E-state index in [0.29, 0.717) is 12.1 Å². The molecule has 0 heterocycles. The van der Waals surface area contributed by atoms with Crippen LogP contribution in [0.1, 0.15) is 19.8 Å². The van der Waals surface area contributed by atoms with Gasteiger partial charge < -0.3 is 10.5 Å². The highest BCUT2D eigenvalue weighted by molar-refractivity contribution is 5.87. The van der Waals surface area contributed by atoms with Crippen molar-refractivity contribution in [3.8, 4) is 0 Å². The fourth-order valence-corrected chi connectivity index (χ4v) is 0.681. The topological polar surface area (TPSA) is 52.3 Å². The first kappa shape index (κ1) is 10.2. The van der Waals surface area contributed by atoms with Gasteiger partial charge >= 0.3 is 5.97 Å². The number of allylic oxidation sites excluding steroid dienone is 1. The molecule has 64 valence electrons. The lowest BCUT2D eigenvalue weighted by atomic mass is 10.2. The summed E-state index contributed by atoms with van der Waals surface area (Å²) in [6.45, 7) is 2.40. The van der Waals surface area contributed by atoms with E-state index in [1.165, 1.54) is 7.11 Å². The Morgan fingerprint density at radius 2 is 2.27 bits per heavy atom. The number of esters is 1. The second kappa shape index (κ2) is 5.92. The maximum Gasteiger partial charge on any atom is 0.333 e. The molecule has 0 atom stereocenters. The summed E-state index contributed by atoms with van der Waals surface area (Å²) in [6, 6.07) is 0. The molecule has 0 saturated heterocycles. The van der Waals surface area contributed by atoms with Crippen LogP contribution in [0, 0.1) is 0 Å². The third kappa shape index (κ3) is 4.56. The van der Waals surface area contributed by atoms with Crippen LogP contribution in [0.25, 0.3) is 0 Å². The van der Waals surface area contributed by atoms with E-state index in [9.17, 15) is 4.79 Å². The number of hydrogen-bond donors (Lipinski definition) is 1. The molecule has 0 bridgehead atoms. The fraction of sp³-hybridized carbons (Fsp3) is 0.625. The lowest BCUT2D eigenvalue weighted by Crippen LogP contribution is -2.02. The molecule has 11 heavy (non-hydrogen) atoms. The Hall–Kier alpha value is -0.830. The SMILES string of the molecule is COC(=O)/C(C)=C/CCCN. The fourth-order valence-electron chi connectivity index (χ4n) is 0.681. The average molecular weight is 157 g/mol. The van der Waals surface area contributed by atoms with Gasteiger partial charge in [-0.25, -0.2) is 4.79 Å². The zero-order valence-corrected chi connectivity index (χ0v) is 7.09. The van der Waals surface area contributed by atoms with Crippen LogP contribution in [0.5, 0.6) is 0 Å². The van der Waals surface area contributed by atoms with Crippen LogP contribution in [0.4, 0.5) is 0 Å². The summed E-state index contributed by atoms with van der Waals surface area (Å²) >= 11 is 0. The Morgan fingerprint density at radius 1 is 1.64 bits per heavy atom. The van der Waals surface area contributed by atoms with E-state index in [1.54, 1.807) is 6.92 Å². The molecule has 0 aromatic rings. The molecular formula is C8H15NO2. The zero-order chi connectivity index (χ0) is 8.69. The summed E-state index contributed by atoms with van der Waals surface area (Å²) < 4.78 is 4.50. The summed E-state index contributed by atoms with van der Waals surface area (Å²) in [4.78, 5) is 10.8. The highest BCUT2D eigenvalue weighted by Crippen LogP contribution is 1.99. The van der Waals surface area contributed by atoms with Crippen LogP contribution in [0.15, 0.2) is 11.6 Å². The Morgan fingerprint density at radius 3 is 2.73 bits per heavy atom. The van der Waals surface area contributed by atoms with Gasteiger partial charge in [0.15, 0.2) is 0 Å². The number of carbonyl (C=O) groups is 1. The Balaban J connectivity index is 3.71. The van der Waals surface area contributed by atoms with Gasteiger partial charge in [-0.05, 0) is 26.3 Å². The molecule has 3 nitrogen and oxygen atoms in total. The van der Waals surface area contributed by atoms with Crippen LogP contribution in [-0.4, -0.2) is 19.6 Å². The standard InChI is InChI=1S/C8H15NO2/c1-7(8(10)11-2)5-3-4-6-9/h5H,3-4,6,9H2,1-2H3/b7-5+. The summed E-state index contributed by atoms with van der Waals surface area (Å²) in [5.41, 5.74) is 5.93. The van der Waals surface area contributed by atoms with Gasteiger partial charge in [0, 0.05) is 5.57 Å². The molecule has 0 fully saturated rings. The molecule has 0 saturated carbocycles. The third-order valence-corrected chi connectivity index (χ3v) is 1.37. The molecule has 0 aliphatic heterocycles. The van der Waals surface area contributed by atoms with Gasteiger partial charge in [0.1, 0.15) is 0 Å². The van der Waals surface area contributed by atoms with E-state index >= 15 is 0 Å². The minimum absolute atomic E-state index is 0.262. The number of carbonyl (C=O) groups excluding carboxylic acids is 1. The summed E-state index contributed by atoms with van der Waals surface area (Å²) in [6.07, 6.45) is 3.60. The molecule has 0 aromatic carbocycles. The van der Waals surface area contributed by atoms with E-state index in [4.69, 9.17) is 5.73 Å². The molecule has 0 spiro atoms. The van der Waals surface area contributed by atoms with Gasteiger partial charge in [-0.3, -0.25) is 0 Å². The van der Waals surface area contributed by atoms with E-state index in [2.05, 4.69) is 4.74 Å². The highest BCUT2D eigenvalue weighted by atomic mass is 16.5. The zero-order valence-electron chi connectivity index (χ0n) is 7.09. The van der Waals surface area contributed by atoms with E-state index in [-0.39, 0.29) is 5.97 Å². The molecule has 0 aromatic heterocycles. The maximum absolute atomic E-state index is 10.8. The van der Waals surface area contributed by atoms with Crippen LogP contribution >= 0.6 is 0 Å². The number of methoxy groups -OCH3 is 1.